The summed E-state index contributed by atoms with van der Waals surface area (Å²) in [5.41, 5.74) is 0. The van der Waals surface area contributed by atoms with Crippen LogP contribution in [0, 0.1) is 0 Å². The second-order valence-electron chi connectivity index (χ2n) is 2.51. The molecule has 1 aromatic carbocycles. The van der Waals surface area contributed by atoms with Gasteiger partial charge in [-0.2, -0.15) is 0 Å². The van der Waals surface area contributed by atoms with Crippen LogP contribution >= 0.6 is 0 Å². The molecule has 0 heteroatoms. The third-order valence-electron chi connectivity index (χ3n) is 1.37. The highest BCUT2D eigenvalue weighted by molar-refractivity contribution is 4.99. The first-order chi connectivity index (χ1) is 5.41. The Morgan fingerprint density at radius 1 is 0.636 bits per heavy atom. The Bertz CT molecular complexity index is 103. The molecule has 0 aliphatic heterocycles. The number of unbranched alkanes of at least 4 members (excludes halogenated alkanes) is 2. The summed E-state index contributed by atoms with van der Waals surface area (Å²) in [4.78, 5) is 0. The largest absolute Gasteiger partial charge is 0.0654 e. The normalized spacial score (nSPS) is 8.18. The molecule has 0 aliphatic carbocycles. The molecule has 0 aliphatic rings. The van der Waals surface area contributed by atoms with Crippen LogP contribution in [0.3, 0.4) is 0 Å². The third kappa shape index (κ3) is 9.22. The van der Waals surface area contributed by atoms with Gasteiger partial charge < -0.3 is 0 Å². The van der Waals surface area contributed by atoms with E-state index in [1.807, 2.05) is 36.4 Å². The fourth-order valence-corrected chi connectivity index (χ4v) is 0.738. The maximum Gasteiger partial charge on any atom is -0.0538 e. The first-order valence-electron chi connectivity index (χ1n) is 4.41. The van der Waals surface area contributed by atoms with Crippen molar-refractivity contribution in [2.45, 2.75) is 33.1 Å². The molecule has 1 aromatic rings. The molecule has 0 nitrogen and oxygen atoms in total. The van der Waals surface area contributed by atoms with Crippen molar-refractivity contribution in [3.8, 4) is 0 Å². The second kappa shape index (κ2) is 9.22. The zero-order chi connectivity index (χ0) is 8.36. The minimum Gasteiger partial charge on any atom is -0.0654 e. The van der Waals surface area contributed by atoms with Crippen molar-refractivity contribution in [3.05, 3.63) is 36.4 Å². The first kappa shape index (κ1) is 10.2. The summed E-state index contributed by atoms with van der Waals surface area (Å²) in [6.45, 7) is 4.42. The smallest absolute Gasteiger partial charge is 0.0538 e. The molecule has 0 atom stereocenters. The standard InChI is InChI=1S/C6H6.C5H12/c1-2-4-6-5-3-1;1-3-5-4-2/h1-6H;3-5H2,1-2H3. The van der Waals surface area contributed by atoms with E-state index in [0.29, 0.717) is 0 Å². The lowest BCUT2D eigenvalue weighted by Gasteiger charge is -1.79. The van der Waals surface area contributed by atoms with E-state index >= 15 is 0 Å². The van der Waals surface area contributed by atoms with Crippen LogP contribution in [0.2, 0.25) is 0 Å². The Morgan fingerprint density at radius 3 is 1.00 bits per heavy atom. The van der Waals surface area contributed by atoms with Crippen LogP contribution in [0.5, 0.6) is 0 Å². The van der Waals surface area contributed by atoms with Crippen molar-refractivity contribution in [1.29, 1.82) is 0 Å². The van der Waals surface area contributed by atoms with Crippen LogP contribution in [0.4, 0.5) is 0 Å². The molecule has 62 valence electrons. The molecule has 11 heavy (non-hydrogen) atoms. The Labute approximate surface area is 70.3 Å². The highest BCUT2D eigenvalue weighted by atomic mass is 13.7. The predicted octanol–water partition coefficient (Wildman–Crippen LogP) is 3.88. The van der Waals surface area contributed by atoms with Gasteiger partial charge in [-0.05, 0) is 0 Å². The molecule has 0 radical (unpaired) electrons. The maximum absolute atomic E-state index is 2.21. The quantitative estimate of drug-likeness (QED) is 0.600. The van der Waals surface area contributed by atoms with Crippen molar-refractivity contribution in [2.24, 2.45) is 0 Å². The minimum absolute atomic E-state index is 1.34. The van der Waals surface area contributed by atoms with E-state index < -0.39 is 0 Å². The zero-order valence-electron chi connectivity index (χ0n) is 7.59. The zero-order valence-corrected chi connectivity index (χ0v) is 7.59. The van der Waals surface area contributed by atoms with Gasteiger partial charge in [0.25, 0.3) is 0 Å². The second-order valence-corrected chi connectivity index (χ2v) is 2.51. The summed E-state index contributed by atoms with van der Waals surface area (Å²) in [6.07, 6.45) is 4.08. The van der Waals surface area contributed by atoms with E-state index in [9.17, 15) is 0 Å². The van der Waals surface area contributed by atoms with Crippen molar-refractivity contribution in [3.63, 3.8) is 0 Å². The number of rotatable bonds is 2. The maximum atomic E-state index is 2.21. The summed E-state index contributed by atoms with van der Waals surface area (Å²) >= 11 is 0. The number of benzene rings is 1. The highest BCUT2D eigenvalue weighted by Gasteiger charge is 1.68. The molecular weight excluding hydrogens is 132 g/mol. The van der Waals surface area contributed by atoms with E-state index in [0.717, 1.165) is 0 Å². The summed E-state index contributed by atoms with van der Waals surface area (Å²) in [5.74, 6) is 0. The summed E-state index contributed by atoms with van der Waals surface area (Å²) in [5, 5.41) is 0. The molecular formula is C11H18. The van der Waals surface area contributed by atoms with Gasteiger partial charge in [0.05, 0.1) is 0 Å². The Balaban J connectivity index is 0.000000187. The van der Waals surface area contributed by atoms with Crippen molar-refractivity contribution >= 4 is 0 Å². The van der Waals surface area contributed by atoms with Crippen molar-refractivity contribution < 1.29 is 0 Å². The molecule has 0 heterocycles. The van der Waals surface area contributed by atoms with E-state index in [-0.39, 0.29) is 0 Å². The Morgan fingerprint density at radius 2 is 0.909 bits per heavy atom. The predicted molar refractivity (Wildman–Crippen MR) is 51.6 cm³/mol. The fraction of sp³-hybridized carbons (Fsp3) is 0.455. The van der Waals surface area contributed by atoms with Crippen LogP contribution in [0.25, 0.3) is 0 Å². The van der Waals surface area contributed by atoms with Crippen LogP contribution in [0.1, 0.15) is 33.1 Å². The summed E-state index contributed by atoms with van der Waals surface area (Å²) in [7, 11) is 0. The van der Waals surface area contributed by atoms with Gasteiger partial charge in [0.1, 0.15) is 0 Å². The summed E-state index contributed by atoms with van der Waals surface area (Å²) < 4.78 is 0. The monoisotopic (exact) mass is 150 g/mol. The number of hydrogen-bond donors (Lipinski definition) is 0. The molecule has 0 bridgehead atoms. The molecule has 0 N–H and O–H groups in total. The molecule has 0 unspecified atom stereocenters. The highest BCUT2D eigenvalue weighted by Crippen LogP contribution is 1.88. The average Bonchev–Trinajstić information content (AvgIpc) is 2.10. The van der Waals surface area contributed by atoms with E-state index in [2.05, 4.69) is 13.8 Å². The van der Waals surface area contributed by atoms with Crippen LogP contribution in [0.15, 0.2) is 36.4 Å². The topological polar surface area (TPSA) is 0 Å². The molecule has 0 spiro atoms. The van der Waals surface area contributed by atoms with E-state index in [1.165, 1.54) is 19.3 Å². The number of hydrogen-bond acceptors (Lipinski definition) is 0. The molecule has 0 amide bonds. The minimum atomic E-state index is 1.34. The van der Waals surface area contributed by atoms with Gasteiger partial charge in [-0.15, -0.1) is 0 Å². The van der Waals surface area contributed by atoms with Gasteiger partial charge in [-0.25, -0.2) is 0 Å². The van der Waals surface area contributed by atoms with Crippen molar-refractivity contribution in [1.82, 2.24) is 0 Å². The Kier molecular flexibility index (Phi) is 8.57. The third-order valence-corrected chi connectivity index (χ3v) is 1.37. The SMILES string of the molecule is CCCCC.c1ccccc1. The molecule has 0 saturated carbocycles. The lowest BCUT2D eigenvalue weighted by Crippen LogP contribution is -1.59. The first-order valence-corrected chi connectivity index (χ1v) is 4.41. The molecule has 0 saturated heterocycles. The van der Waals surface area contributed by atoms with Gasteiger partial charge in [-0.1, -0.05) is 69.5 Å². The van der Waals surface area contributed by atoms with Gasteiger partial charge in [0.2, 0.25) is 0 Å². The van der Waals surface area contributed by atoms with Crippen molar-refractivity contribution in [2.75, 3.05) is 0 Å². The van der Waals surface area contributed by atoms with Gasteiger partial charge >= 0.3 is 0 Å². The van der Waals surface area contributed by atoms with Gasteiger partial charge in [0, 0.05) is 0 Å². The van der Waals surface area contributed by atoms with Gasteiger partial charge in [-0.3, -0.25) is 0 Å². The van der Waals surface area contributed by atoms with E-state index in [1.54, 1.807) is 0 Å². The fourth-order valence-electron chi connectivity index (χ4n) is 0.738. The van der Waals surface area contributed by atoms with Crippen LogP contribution in [-0.4, -0.2) is 0 Å². The summed E-state index contributed by atoms with van der Waals surface area (Å²) in [6, 6.07) is 12.0. The van der Waals surface area contributed by atoms with Gasteiger partial charge in [0.15, 0.2) is 0 Å². The Hall–Kier alpha value is -0.780. The average molecular weight is 150 g/mol. The van der Waals surface area contributed by atoms with Crippen LogP contribution < -0.4 is 0 Å². The lowest BCUT2D eigenvalue weighted by molar-refractivity contribution is 0.772. The lowest BCUT2D eigenvalue weighted by atomic mass is 10.3. The molecule has 0 fully saturated rings. The molecule has 1 rings (SSSR count). The van der Waals surface area contributed by atoms with Crippen LogP contribution in [-0.2, 0) is 0 Å². The van der Waals surface area contributed by atoms with E-state index in [4.69, 9.17) is 0 Å². The molecule has 0 aromatic heterocycles.